The van der Waals surface area contributed by atoms with Crippen molar-refractivity contribution in [2.75, 3.05) is 19.6 Å². The first kappa shape index (κ1) is 13.0. The van der Waals surface area contributed by atoms with Crippen LogP contribution in [0.25, 0.3) is 0 Å². The molecule has 3 rings (SSSR count). The Hall–Kier alpha value is -1.02. The van der Waals surface area contributed by atoms with Crippen LogP contribution in [0.2, 0.25) is 0 Å². The summed E-state index contributed by atoms with van der Waals surface area (Å²) in [6.07, 6.45) is 8.23. The largest absolute Gasteiger partial charge is 0.490 e. The van der Waals surface area contributed by atoms with Crippen LogP contribution < -0.4 is 4.74 Å². The van der Waals surface area contributed by atoms with E-state index in [1.54, 1.807) is 0 Å². The zero-order valence-electron chi connectivity index (χ0n) is 12.0. The molecule has 1 aliphatic carbocycles. The second kappa shape index (κ2) is 5.96. The van der Waals surface area contributed by atoms with Gasteiger partial charge >= 0.3 is 0 Å². The van der Waals surface area contributed by atoms with E-state index in [1.807, 2.05) is 0 Å². The molecule has 0 bridgehead atoms. The lowest BCUT2D eigenvalue weighted by Gasteiger charge is -2.14. The normalized spacial score (nSPS) is 19.8. The van der Waals surface area contributed by atoms with Crippen molar-refractivity contribution < 1.29 is 4.74 Å². The Balaban J connectivity index is 1.48. The lowest BCUT2D eigenvalue weighted by atomic mass is 10.1. The Kier molecular flexibility index (Phi) is 4.07. The number of likely N-dealkylation sites (tertiary alicyclic amines) is 1. The highest BCUT2D eigenvalue weighted by Crippen LogP contribution is 2.29. The zero-order chi connectivity index (χ0) is 13.1. The van der Waals surface area contributed by atoms with E-state index in [1.165, 1.54) is 69.3 Å². The smallest absolute Gasteiger partial charge is 0.122 e. The van der Waals surface area contributed by atoms with Gasteiger partial charge in [0.15, 0.2) is 0 Å². The fraction of sp³-hybridized carbons (Fsp3) is 0.647. The predicted molar refractivity (Wildman–Crippen MR) is 78.8 cm³/mol. The molecule has 0 unspecified atom stereocenters. The Morgan fingerprint density at radius 3 is 2.68 bits per heavy atom. The predicted octanol–water partition coefficient (Wildman–Crippen LogP) is 3.56. The number of hydrogen-bond donors (Lipinski definition) is 0. The van der Waals surface area contributed by atoms with Gasteiger partial charge in [0.1, 0.15) is 5.75 Å². The summed E-state index contributed by atoms with van der Waals surface area (Å²) < 4.78 is 5.89. The molecule has 104 valence electrons. The first-order valence-corrected chi connectivity index (χ1v) is 7.80. The summed E-state index contributed by atoms with van der Waals surface area (Å²) in [5.41, 5.74) is 2.76. The average molecular weight is 259 g/mol. The van der Waals surface area contributed by atoms with Gasteiger partial charge in [-0.15, -0.1) is 0 Å². The van der Waals surface area contributed by atoms with Crippen LogP contribution in [0.15, 0.2) is 18.2 Å². The van der Waals surface area contributed by atoms with Gasteiger partial charge in [0.2, 0.25) is 0 Å². The highest BCUT2D eigenvalue weighted by atomic mass is 16.5. The lowest BCUT2D eigenvalue weighted by molar-refractivity contribution is 0.301. The van der Waals surface area contributed by atoms with Gasteiger partial charge in [-0.3, -0.25) is 0 Å². The second-order valence-electron chi connectivity index (χ2n) is 6.07. The number of ether oxygens (including phenoxy) is 1. The Morgan fingerprint density at radius 1 is 1.21 bits per heavy atom. The molecule has 0 amide bonds. The molecule has 0 N–H and O–H groups in total. The third-order valence-corrected chi connectivity index (χ3v) is 4.20. The zero-order valence-corrected chi connectivity index (χ0v) is 12.0. The third-order valence-electron chi connectivity index (χ3n) is 4.20. The van der Waals surface area contributed by atoms with Crippen LogP contribution in [0.5, 0.6) is 5.75 Å². The van der Waals surface area contributed by atoms with Gasteiger partial charge in [-0.25, -0.2) is 0 Å². The summed E-state index contributed by atoms with van der Waals surface area (Å²) in [6, 6.07) is 6.72. The van der Waals surface area contributed by atoms with Crippen LogP contribution in [-0.2, 0) is 6.42 Å². The van der Waals surface area contributed by atoms with Gasteiger partial charge < -0.3 is 9.64 Å². The van der Waals surface area contributed by atoms with Gasteiger partial charge in [0, 0.05) is 0 Å². The molecular weight excluding hydrogens is 234 g/mol. The minimum atomic E-state index is 0.500. The highest BCUT2D eigenvalue weighted by molar-refractivity contribution is 5.36. The number of hydrogen-bond acceptors (Lipinski definition) is 2. The number of aryl methyl sites for hydroxylation is 2. The molecule has 2 heteroatoms. The Bertz CT molecular complexity index is 419. The maximum absolute atomic E-state index is 5.89. The van der Waals surface area contributed by atoms with Crippen molar-refractivity contribution in [2.45, 2.75) is 51.6 Å². The standard InChI is InChI=1S/C17H25NO/c1-14-13-15(5-4-12-18-10-2-3-11-18)6-9-17(14)19-16-7-8-16/h6,9,13,16H,2-5,7-8,10-12H2,1H3. The molecule has 2 nitrogen and oxygen atoms in total. The summed E-state index contributed by atoms with van der Waals surface area (Å²) in [7, 11) is 0. The van der Waals surface area contributed by atoms with Crippen LogP contribution in [-0.4, -0.2) is 30.6 Å². The molecule has 1 saturated carbocycles. The molecule has 0 aromatic heterocycles. The van der Waals surface area contributed by atoms with Gasteiger partial charge in [-0.1, -0.05) is 12.1 Å². The first-order chi connectivity index (χ1) is 9.31. The quantitative estimate of drug-likeness (QED) is 0.774. The van der Waals surface area contributed by atoms with Gasteiger partial charge in [0.25, 0.3) is 0 Å². The van der Waals surface area contributed by atoms with Gasteiger partial charge in [0.05, 0.1) is 6.10 Å². The molecule has 1 aromatic carbocycles. The second-order valence-corrected chi connectivity index (χ2v) is 6.07. The van der Waals surface area contributed by atoms with Crippen molar-refractivity contribution in [3.8, 4) is 5.75 Å². The SMILES string of the molecule is Cc1cc(CCCN2CCCC2)ccc1OC1CC1. The molecule has 1 aliphatic heterocycles. The molecule has 1 heterocycles. The number of nitrogens with zero attached hydrogens (tertiary/aromatic N) is 1. The fourth-order valence-electron chi connectivity index (χ4n) is 2.88. The Labute approximate surface area is 116 Å². The van der Waals surface area contributed by atoms with Crippen molar-refractivity contribution in [3.63, 3.8) is 0 Å². The number of benzene rings is 1. The van der Waals surface area contributed by atoms with E-state index in [0.29, 0.717) is 6.10 Å². The lowest BCUT2D eigenvalue weighted by Crippen LogP contribution is -2.20. The van der Waals surface area contributed by atoms with E-state index in [4.69, 9.17) is 4.74 Å². The molecule has 1 saturated heterocycles. The van der Waals surface area contributed by atoms with Crippen LogP contribution in [0.3, 0.4) is 0 Å². The molecule has 0 radical (unpaired) electrons. The highest BCUT2D eigenvalue weighted by Gasteiger charge is 2.24. The van der Waals surface area contributed by atoms with Crippen LogP contribution in [0.4, 0.5) is 0 Å². The Morgan fingerprint density at radius 2 is 2.00 bits per heavy atom. The van der Waals surface area contributed by atoms with Gasteiger partial charge in [-0.2, -0.15) is 0 Å². The van der Waals surface area contributed by atoms with Crippen LogP contribution >= 0.6 is 0 Å². The van der Waals surface area contributed by atoms with Crippen LogP contribution in [0.1, 0.15) is 43.2 Å². The van der Waals surface area contributed by atoms with Crippen LogP contribution in [0, 0.1) is 6.92 Å². The van der Waals surface area contributed by atoms with E-state index in [-0.39, 0.29) is 0 Å². The summed E-state index contributed by atoms with van der Waals surface area (Å²) in [4.78, 5) is 2.59. The summed E-state index contributed by atoms with van der Waals surface area (Å²) in [6.45, 7) is 6.06. The van der Waals surface area contributed by atoms with E-state index in [9.17, 15) is 0 Å². The summed E-state index contributed by atoms with van der Waals surface area (Å²) >= 11 is 0. The molecule has 1 aromatic rings. The van der Waals surface area contributed by atoms with E-state index >= 15 is 0 Å². The van der Waals surface area contributed by atoms with Gasteiger partial charge in [-0.05, 0) is 82.3 Å². The molecule has 0 atom stereocenters. The maximum atomic E-state index is 5.89. The third kappa shape index (κ3) is 3.73. The molecule has 0 spiro atoms. The van der Waals surface area contributed by atoms with Crippen molar-refractivity contribution in [1.29, 1.82) is 0 Å². The monoisotopic (exact) mass is 259 g/mol. The molecular formula is C17H25NO. The van der Waals surface area contributed by atoms with Crippen molar-refractivity contribution in [1.82, 2.24) is 4.90 Å². The summed E-state index contributed by atoms with van der Waals surface area (Å²) in [5, 5.41) is 0. The average Bonchev–Trinajstić information content (AvgIpc) is 3.06. The van der Waals surface area contributed by atoms with Crippen molar-refractivity contribution in [2.24, 2.45) is 0 Å². The minimum absolute atomic E-state index is 0.500. The minimum Gasteiger partial charge on any atom is -0.490 e. The number of rotatable bonds is 6. The fourth-order valence-corrected chi connectivity index (χ4v) is 2.88. The summed E-state index contributed by atoms with van der Waals surface area (Å²) in [5.74, 6) is 1.09. The van der Waals surface area contributed by atoms with Crippen molar-refractivity contribution >= 4 is 0 Å². The topological polar surface area (TPSA) is 12.5 Å². The maximum Gasteiger partial charge on any atom is 0.122 e. The first-order valence-electron chi connectivity index (χ1n) is 7.80. The van der Waals surface area contributed by atoms with E-state index < -0.39 is 0 Å². The van der Waals surface area contributed by atoms with E-state index in [0.717, 1.165) is 5.75 Å². The molecule has 19 heavy (non-hydrogen) atoms. The van der Waals surface area contributed by atoms with Crippen molar-refractivity contribution in [3.05, 3.63) is 29.3 Å². The van der Waals surface area contributed by atoms with E-state index in [2.05, 4.69) is 30.0 Å². The molecule has 2 aliphatic rings. The molecule has 2 fully saturated rings.